The van der Waals surface area contributed by atoms with E-state index in [1.807, 2.05) is 0 Å². The molecule has 17 heavy (non-hydrogen) atoms. The number of amides is 2. The number of rotatable bonds is 1. The third kappa shape index (κ3) is 1.74. The number of piperazine rings is 1. The van der Waals surface area contributed by atoms with Crippen molar-refractivity contribution in [3.8, 4) is 6.07 Å². The Balaban J connectivity index is 2.37. The van der Waals surface area contributed by atoms with Crippen LogP contribution in [0.5, 0.6) is 0 Å². The van der Waals surface area contributed by atoms with Crippen LogP contribution >= 0.6 is 0 Å². The van der Waals surface area contributed by atoms with Crippen molar-refractivity contribution in [1.82, 2.24) is 10.6 Å². The van der Waals surface area contributed by atoms with Crippen LogP contribution in [0.2, 0.25) is 0 Å². The van der Waals surface area contributed by atoms with Gasteiger partial charge in [-0.05, 0) is 6.08 Å². The van der Waals surface area contributed by atoms with Crippen molar-refractivity contribution >= 4 is 11.8 Å². The summed E-state index contributed by atoms with van der Waals surface area (Å²) in [5.41, 5.74) is -0.502. The van der Waals surface area contributed by atoms with Gasteiger partial charge in [-0.1, -0.05) is 0 Å². The molecule has 2 amide bonds. The lowest BCUT2D eigenvalue weighted by Crippen LogP contribution is -2.61. The van der Waals surface area contributed by atoms with E-state index in [9.17, 15) is 19.7 Å². The van der Waals surface area contributed by atoms with Gasteiger partial charge in [0.05, 0.1) is 17.0 Å². The smallest absolute Gasteiger partial charge is 0.309 e. The van der Waals surface area contributed by atoms with E-state index in [0.29, 0.717) is 0 Å². The number of allylic oxidation sites excluding steroid dienone is 1. The molecule has 0 radical (unpaired) electrons. The number of hydrogen-bond acceptors (Lipinski definition) is 5. The highest BCUT2D eigenvalue weighted by atomic mass is 16.6. The number of hydrogen-bond donors (Lipinski definition) is 2. The van der Waals surface area contributed by atoms with Crippen LogP contribution < -0.4 is 10.6 Å². The standard InChI is InChI=1S/C9H6N4O4/c10-3-4-1-5-6(2-7(4)13(16)17)12-9(15)8(14)11-5/h1-2,5-6H,(H,11,14)(H,12,15). The summed E-state index contributed by atoms with van der Waals surface area (Å²) >= 11 is 0. The molecular formula is C9H6N4O4. The van der Waals surface area contributed by atoms with Crippen LogP contribution in [0.4, 0.5) is 0 Å². The van der Waals surface area contributed by atoms with E-state index in [4.69, 9.17) is 5.26 Å². The largest absolute Gasteiger partial charge is 0.339 e. The van der Waals surface area contributed by atoms with Crippen LogP contribution in [0.1, 0.15) is 0 Å². The molecule has 2 N–H and O–H groups in total. The zero-order valence-corrected chi connectivity index (χ0v) is 8.34. The Bertz CT molecular complexity index is 528. The average molecular weight is 234 g/mol. The van der Waals surface area contributed by atoms with E-state index in [1.165, 1.54) is 6.08 Å². The second-order valence-corrected chi connectivity index (χ2v) is 3.50. The van der Waals surface area contributed by atoms with Crippen molar-refractivity contribution in [1.29, 1.82) is 5.26 Å². The van der Waals surface area contributed by atoms with E-state index in [0.717, 1.165) is 6.08 Å². The Kier molecular flexibility index (Phi) is 2.36. The molecule has 0 aromatic carbocycles. The molecule has 0 aromatic heterocycles. The molecule has 0 spiro atoms. The van der Waals surface area contributed by atoms with Crippen molar-refractivity contribution in [3.63, 3.8) is 0 Å². The number of nitriles is 1. The summed E-state index contributed by atoms with van der Waals surface area (Å²) < 4.78 is 0. The number of carbonyl (C=O) groups excluding carboxylic acids is 2. The first kappa shape index (κ1) is 10.8. The highest BCUT2D eigenvalue weighted by molar-refractivity contribution is 6.36. The van der Waals surface area contributed by atoms with Gasteiger partial charge in [-0.2, -0.15) is 5.26 Å². The summed E-state index contributed by atoms with van der Waals surface area (Å²) in [5, 5.41) is 24.1. The zero-order valence-electron chi connectivity index (χ0n) is 8.34. The Morgan fingerprint density at radius 1 is 1.24 bits per heavy atom. The Morgan fingerprint density at radius 3 is 2.24 bits per heavy atom. The molecule has 1 saturated heterocycles. The number of nitrogens with one attached hydrogen (secondary N) is 2. The van der Waals surface area contributed by atoms with Crippen molar-refractivity contribution in [2.24, 2.45) is 0 Å². The number of nitro groups is 1. The minimum absolute atomic E-state index is 0.132. The summed E-state index contributed by atoms with van der Waals surface area (Å²) in [6.45, 7) is 0. The second-order valence-electron chi connectivity index (χ2n) is 3.50. The maximum absolute atomic E-state index is 11.1. The Morgan fingerprint density at radius 2 is 1.76 bits per heavy atom. The van der Waals surface area contributed by atoms with Gasteiger partial charge in [0.25, 0.3) is 5.70 Å². The third-order valence-electron chi connectivity index (χ3n) is 2.47. The number of nitrogens with zero attached hydrogens (tertiary/aromatic N) is 2. The van der Waals surface area contributed by atoms with Crippen LogP contribution in [0, 0.1) is 21.4 Å². The quantitative estimate of drug-likeness (QED) is 0.327. The van der Waals surface area contributed by atoms with Gasteiger partial charge in [-0.15, -0.1) is 0 Å². The molecule has 0 bridgehead atoms. The Hall–Kier alpha value is -2.69. The molecule has 2 unspecified atom stereocenters. The van der Waals surface area contributed by atoms with E-state index in [1.54, 1.807) is 6.07 Å². The number of carbonyl (C=O) groups is 2. The van der Waals surface area contributed by atoms with Crippen LogP contribution in [0.25, 0.3) is 0 Å². The van der Waals surface area contributed by atoms with Crippen molar-refractivity contribution in [2.45, 2.75) is 12.1 Å². The van der Waals surface area contributed by atoms with Crippen molar-refractivity contribution < 1.29 is 14.5 Å². The molecular weight excluding hydrogens is 228 g/mol. The second kappa shape index (κ2) is 3.71. The first-order valence-electron chi connectivity index (χ1n) is 4.63. The lowest BCUT2D eigenvalue weighted by molar-refractivity contribution is -0.420. The van der Waals surface area contributed by atoms with Crippen LogP contribution in [0.3, 0.4) is 0 Å². The highest BCUT2D eigenvalue weighted by Crippen LogP contribution is 2.20. The molecule has 8 nitrogen and oxygen atoms in total. The third-order valence-corrected chi connectivity index (χ3v) is 2.47. The maximum atomic E-state index is 11.1. The van der Waals surface area contributed by atoms with Gasteiger partial charge in [0.15, 0.2) is 0 Å². The average Bonchev–Trinajstić information content (AvgIpc) is 2.29. The topological polar surface area (TPSA) is 125 Å². The molecule has 1 aliphatic heterocycles. The minimum Gasteiger partial charge on any atom is -0.339 e. The zero-order chi connectivity index (χ0) is 12.6. The van der Waals surface area contributed by atoms with Gasteiger partial charge < -0.3 is 10.6 Å². The summed E-state index contributed by atoms with van der Waals surface area (Å²) in [4.78, 5) is 32.1. The summed E-state index contributed by atoms with van der Waals surface area (Å²) in [6.07, 6.45) is 2.42. The maximum Gasteiger partial charge on any atom is 0.309 e. The molecule has 2 atom stereocenters. The van der Waals surface area contributed by atoms with E-state index in [-0.39, 0.29) is 11.3 Å². The van der Waals surface area contributed by atoms with Crippen molar-refractivity contribution in [3.05, 3.63) is 33.5 Å². The fraction of sp³-hybridized carbons (Fsp3) is 0.222. The molecule has 1 heterocycles. The fourth-order valence-electron chi connectivity index (χ4n) is 1.68. The van der Waals surface area contributed by atoms with Gasteiger partial charge in [0, 0.05) is 6.08 Å². The predicted molar refractivity (Wildman–Crippen MR) is 52.6 cm³/mol. The number of fused-ring (bicyclic) bond motifs is 1. The van der Waals surface area contributed by atoms with Gasteiger partial charge >= 0.3 is 11.8 Å². The van der Waals surface area contributed by atoms with E-state index in [2.05, 4.69) is 10.6 Å². The fourth-order valence-corrected chi connectivity index (χ4v) is 1.68. The normalized spacial score (nSPS) is 26.8. The van der Waals surface area contributed by atoms with Gasteiger partial charge in [0.2, 0.25) is 0 Å². The summed E-state index contributed by atoms with van der Waals surface area (Å²) in [5.74, 6) is -1.67. The molecule has 2 rings (SSSR count). The molecule has 2 aliphatic rings. The lowest BCUT2D eigenvalue weighted by Gasteiger charge is -2.30. The molecule has 86 valence electrons. The molecule has 8 heteroatoms. The van der Waals surface area contributed by atoms with Gasteiger partial charge in [-0.3, -0.25) is 19.7 Å². The molecule has 1 aliphatic carbocycles. The first-order chi connectivity index (χ1) is 8.02. The molecule has 0 saturated carbocycles. The van der Waals surface area contributed by atoms with Gasteiger partial charge in [-0.25, -0.2) is 0 Å². The van der Waals surface area contributed by atoms with Gasteiger partial charge in [0.1, 0.15) is 11.6 Å². The summed E-state index contributed by atoms with van der Waals surface area (Å²) in [6, 6.07) is 0.359. The van der Waals surface area contributed by atoms with Crippen LogP contribution in [-0.2, 0) is 9.59 Å². The lowest BCUT2D eigenvalue weighted by atomic mass is 9.94. The Labute approximate surface area is 94.7 Å². The van der Waals surface area contributed by atoms with E-state index < -0.39 is 28.8 Å². The van der Waals surface area contributed by atoms with Crippen LogP contribution in [0.15, 0.2) is 23.4 Å². The van der Waals surface area contributed by atoms with Crippen LogP contribution in [-0.4, -0.2) is 28.8 Å². The minimum atomic E-state index is -0.848. The molecule has 0 aromatic rings. The first-order valence-corrected chi connectivity index (χ1v) is 4.63. The molecule has 1 fully saturated rings. The highest BCUT2D eigenvalue weighted by Gasteiger charge is 2.37. The predicted octanol–water partition coefficient (Wildman–Crippen LogP) is -1.41. The monoisotopic (exact) mass is 234 g/mol. The SMILES string of the molecule is N#CC1=CC2NC(=O)C(=O)NC2C=C1[N+](=O)[O-]. The van der Waals surface area contributed by atoms with E-state index >= 15 is 0 Å². The summed E-state index contributed by atoms with van der Waals surface area (Å²) in [7, 11) is 0. The van der Waals surface area contributed by atoms with Crippen molar-refractivity contribution in [2.75, 3.05) is 0 Å².